The van der Waals surface area contributed by atoms with Gasteiger partial charge in [-0.15, -0.1) is 0 Å². The van der Waals surface area contributed by atoms with E-state index in [0.717, 1.165) is 11.3 Å². The molecule has 1 saturated heterocycles. The summed E-state index contributed by atoms with van der Waals surface area (Å²) in [4.78, 5) is 43.3. The number of nitrogens with zero attached hydrogens (tertiary/aromatic N) is 3. The summed E-state index contributed by atoms with van der Waals surface area (Å²) >= 11 is 0. The number of hydrogen-bond acceptors (Lipinski definition) is 5. The highest BCUT2D eigenvalue weighted by molar-refractivity contribution is 5.94. The molecule has 0 saturated carbocycles. The summed E-state index contributed by atoms with van der Waals surface area (Å²) in [7, 11) is 1.61. The number of aromatic nitrogens is 1. The maximum absolute atomic E-state index is 12.6. The zero-order valence-electron chi connectivity index (χ0n) is 16.2. The average Bonchev–Trinajstić information content (AvgIpc) is 2.77. The van der Waals surface area contributed by atoms with Gasteiger partial charge >= 0.3 is 5.97 Å². The number of ether oxygens (including phenoxy) is 1. The number of rotatable bonds is 6. The zero-order valence-corrected chi connectivity index (χ0v) is 16.2. The lowest BCUT2D eigenvalue weighted by atomic mass is 10.1. The summed E-state index contributed by atoms with van der Waals surface area (Å²) in [5, 5.41) is 9.02. The van der Waals surface area contributed by atoms with Gasteiger partial charge in [0, 0.05) is 32.6 Å². The molecule has 2 heterocycles. The third-order valence-electron chi connectivity index (χ3n) is 4.89. The predicted molar refractivity (Wildman–Crippen MR) is 105 cm³/mol. The molecule has 3 rings (SSSR count). The summed E-state index contributed by atoms with van der Waals surface area (Å²) in [5.74, 6) is -0.659. The number of benzene rings is 1. The van der Waals surface area contributed by atoms with Crippen molar-refractivity contribution in [2.75, 3.05) is 33.3 Å². The van der Waals surface area contributed by atoms with E-state index in [1.807, 2.05) is 24.3 Å². The lowest BCUT2D eigenvalue weighted by molar-refractivity contribution is -0.132. The molecule has 1 N–H and O–H groups in total. The van der Waals surface area contributed by atoms with Gasteiger partial charge in [0.2, 0.25) is 5.91 Å². The van der Waals surface area contributed by atoms with E-state index in [9.17, 15) is 14.4 Å². The Bertz CT molecular complexity index is 889. The van der Waals surface area contributed by atoms with Crippen LogP contribution in [0.1, 0.15) is 33.0 Å². The van der Waals surface area contributed by atoms with Gasteiger partial charge in [-0.05, 0) is 36.2 Å². The highest BCUT2D eigenvalue weighted by Gasteiger charge is 2.25. The fourth-order valence-electron chi connectivity index (χ4n) is 3.20. The van der Waals surface area contributed by atoms with Crippen molar-refractivity contribution < 1.29 is 24.2 Å². The minimum Gasteiger partial charge on any atom is -0.497 e. The minimum atomic E-state index is -1.17. The number of methoxy groups -OCH3 is 1. The molecule has 2 aromatic rings. The van der Waals surface area contributed by atoms with Gasteiger partial charge < -0.3 is 19.6 Å². The van der Waals surface area contributed by atoms with Gasteiger partial charge in [0.1, 0.15) is 17.1 Å². The van der Waals surface area contributed by atoms with Crippen LogP contribution in [0.15, 0.2) is 42.5 Å². The molecule has 8 nitrogen and oxygen atoms in total. The van der Waals surface area contributed by atoms with Crippen molar-refractivity contribution in [3.05, 3.63) is 59.4 Å². The molecule has 1 aliphatic rings. The van der Waals surface area contributed by atoms with Crippen LogP contribution in [0.5, 0.6) is 5.75 Å². The molecule has 1 fully saturated rings. The number of aryl methyl sites for hydroxylation is 1. The molecule has 2 amide bonds. The van der Waals surface area contributed by atoms with Crippen LogP contribution in [0.2, 0.25) is 0 Å². The number of aromatic carboxylic acids is 1. The zero-order chi connectivity index (χ0) is 20.8. The summed E-state index contributed by atoms with van der Waals surface area (Å²) in [6, 6.07) is 12.0. The first-order valence-corrected chi connectivity index (χ1v) is 9.38. The van der Waals surface area contributed by atoms with E-state index in [4.69, 9.17) is 9.84 Å². The number of carbonyl (C=O) groups is 3. The molecule has 1 aromatic heterocycles. The number of carboxylic acids is 1. The molecule has 152 valence electrons. The van der Waals surface area contributed by atoms with E-state index in [2.05, 4.69) is 4.98 Å². The second-order valence-corrected chi connectivity index (χ2v) is 6.73. The first-order chi connectivity index (χ1) is 14.0. The van der Waals surface area contributed by atoms with Crippen LogP contribution in [0.3, 0.4) is 0 Å². The molecule has 8 heteroatoms. The van der Waals surface area contributed by atoms with Crippen LogP contribution in [-0.4, -0.2) is 71.0 Å². The monoisotopic (exact) mass is 397 g/mol. The maximum atomic E-state index is 12.6. The normalized spacial score (nSPS) is 13.8. The molecule has 0 spiro atoms. The number of carbonyl (C=O) groups excluding carboxylic acids is 2. The van der Waals surface area contributed by atoms with E-state index < -0.39 is 5.97 Å². The Labute approximate surface area is 168 Å². The molecule has 0 bridgehead atoms. The fraction of sp³-hybridized carbons (Fsp3) is 0.333. The Balaban J connectivity index is 1.50. The van der Waals surface area contributed by atoms with Gasteiger partial charge in [-0.2, -0.15) is 0 Å². The Morgan fingerprint density at radius 3 is 2.21 bits per heavy atom. The summed E-state index contributed by atoms with van der Waals surface area (Å²) < 4.78 is 5.13. The topological polar surface area (TPSA) is 100 Å². The molecule has 29 heavy (non-hydrogen) atoms. The molecule has 0 atom stereocenters. The third kappa shape index (κ3) is 5.10. The lowest BCUT2D eigenvalue weighted by Gasteiger charge is -2.34. The molecular weight excluding hydrogens is 374 g/mol. The first kappa shape index (κ1) is 20.3. The van der Waals surface area contributed by atoms with Gasteiger partial charge in [0.25, 0.3) is 5.91 Å². The highest BCUT2D eigenvalue weighted by atomic mass is 16.5. The van der Waals surface area contributed by atoms with E-state index in [-0.39, 0.29) is 23.2 Å². The van der Waals surface area contributed by atoms with Crippen molar-refractivity contribution in [1.82, 2.24) is 14.8 Å². The summed E-state index contributed by atoms with van der Waals surface area (Å²) in [6.45, 7) is 1.69. The van der Waals surface area contributed by atoms with Crippen molar-refractivity contribution in [2.24, 2.45) is 0 Å². The predicted octanol–water partition coefficient (Wildman–Crippen LogP) is 1.71. The molecule has 0 radical (unpaired) electrons. The second-order valence-electron chi connectivity index (χ2n) is 6.73. The van der Waals surface area contributed by atoms with Crippen LogP contribution in [-0.2, 0) is 11.2 Å². The van der Waals surface area contributed by atoms with Gasteiger partial charge in [-0.1, -0.05) is 18.2 Å². The molecule has 0 aliphatic carbocycles. The smallest absolute Gasteiger partial charge is 0.354 e. The Kier molecular flexibility index (Phi) is 6.43. The highest BCUT2D eigenvalue weighted by Crippen LogP contribution is 2.14. The van der Waals surface area contributed by atoms with Crippen LogP contribution >= 0.6 is 0 Å². The number of hydrogen-bond donors (Lipinski definition) is 1. The van der Waals surface area contributed by atoms with Crippen molar-refractivity contribution >= 4 is 17.8 Å². The van der Waals surface area contributed by atoms with Gasteiger partial charge in [-0.3, -0.25) is 9.59 Å². The Hall–Kier alpha value is -3.42. The quantitative estimate of drug-likeness (QED) is 0.797. The number of piperazine rings is 1. The fourth-order valence-corrected chi connectivity index (χ4v) is 3.20. The Morgan fingerprint density at radius 1 is 0.966 bits per heavy atom. The number of pyridine rings is 1. The molecule has 1 aromatic carbocycles. The SMILES string of the molecule is COc1ccc(CCC(=O)N2CCN(C(=O)c3cccc(C(=O)O)n3)CC2)cc1. The largest absolute Gasteiger partial charge is 0.497 e. The van der Waals surface area contributed by atoms with Gasteiger partial charge in [0.15, 0.2) is 0 Å². The van der Waals surface area contributed by atoms with Crippen LogP contribution in [0.4, 0.5) is 0 Å². The summed E-state index contributed by atoms with van der Waals surface area (Å²) in [6.07, 6.45) is 1.05. The van der Waals surface area contributed by atoms with E-state index in [0.29, 0.717) is 39.0 Å². The van der Waals surface area contributed by atoms with Gasteiger partial charge in [-0.25, -0.2) is 9.78 Å². The molecule has 0 unspecified atom stereocenters. The van der Waals surface area contributed by atoms with E-state index >= 15 is 0 Å². The van der Waals surface area contributed by atoms with Gasteiger partial charge in [0.05, 0.1) is 7.11 Å². The van der Waals surface area contributed by atoms with E-state index in [1.54, 1.807) is 16.9 Å². The first-order valence-electron chi connectivity index (χ1n) is 9.38. The van der Waals surface area contributed by atoms with Crippen molar-refractivity contribution in [3.8, 4) is 5.75 Å². The molecule has 1 aliphatic heterocycles. The average molecular weight is 397 g/mol. The standard InChI is InChI=1S/C21H23N3O5/c1-29-16-8-5-15(6-9-16)7-10-19(25)23-11-13-24(14-12-23)20(26)17-3-2-4-18(22-17)21(27)28/h2-6,8-9H,7,10-14H2,1H3,(H,27,28). The van der Waals surface area contributed by atoms with Crippen molar-refractivity contribution in [1.29, 1.82) is 0 Å². The van der Waals surface area contributed by atoms with Crippen molar-refractivity contribution in [3.63, 3.8) is 0 Å². The molecular formula is C21H23N3O5. The van der Waals surface area contributed by atoms with Crippen LogP contribution < -0.4 is 4.74 Å². The summed E-state index contributed by atoms with van der Waals surface area (Å²) in [5.41, 5.74) is 1.00. The minimum absolute atomic E-state index is 0.0546. The number of carboxylic acid groups (broad SMARTS) is 1. The van der Waals surface area contributed by atoms with Crippen LogP contribution in [0.25, 0.3) is 0 Å². The lowest BCUT2D eigenvalue weighted by Crippen LogP contribution is -2.50. The van der Waals surface area contributed by atoms with Crippen LogP contribution in [0, 0.1) is 0 Å². The number of amides is 2. The van der Waals surface area contributed by atoms with Crippen molar-refractivity contribution in [2.45, 2.75) is 12.8 Å². The Morgan fingerprint density at radius 2 is 1.59 bits per heavy atom. The van der Waals surface area contributed by atoms with E-state index in [1.165, 1.54) is 18.2 Å². The third-order valence-corrected chi connectivity index (χ3v) is 4.89. The second kappa shape index (κ2) is 9.18. The maximum Gasteiger partial charge on any atom is 0.354 e.